The topological polar surface area (TPSA) is 76.7 Å². The van der Waals surface area contributed by atoms with Crippen molar-refractivity contribution in [1.29, 1.82) is 0 Å². The van der Waals surface area contributed by atoms with Crippen LogP contribution in [0.5, 0.6) is 0 Å². The minimum Gasteiger partial charge on any atom is -0.441 e. The quantitative estimate of drug-likeness (QED) is 0.417. The first-order valence-electron chi connectivity index (χ1n) is 11.6. The van der Waals surface area contributed by atoms with E-state index in [0.717, 1.165) is 49.4 Å². The Kier molecular flexibility index (Phi) is 6.10. The Labute approximate surface area is 208 Å². The lowest BCUT2D eigenvalue weighted by atomic mass is 9.78. The number of ether oxygens (including phenoxy) is 1. The molecule has 1 saturated heterocycles. The van der Waals surface area contributed by atoms with Crippen molar-refractivity contribution in [1.82, 2.24) is 19.2 Å². The van der Waals surface area contributed by atoms with Crippen molar-refractivity contribution < 1.29 is 13.9 Å². The van der Waals surface area contributed by atoms with Gasteiger partial charge in [0.05, 0.1) is 12.2 Å². The van der Waals surface area contributed by atoms with Crippen molar-refractivity contribution in [2.75, 3.05) is 23.3 Å². The number of aromatic nitrogens is 4. The largest absolute Gasteiger partial charge is 0.441 e. The molecule has 1 aliphatic heterocycles. The van der Waals surface area contributed by atoms with E-state index in [1.807, 2.05) is 35.0 Å². The maximum absolute atomic E-state index is 14.0. The zero-order valence-corrected chi connectivity index (χ0v) is 19.8. The third-order valence-electron chi connectivity index (χ3n) is 6.94. The lowest BCUT2D eigenvalue weighted by Crippen LogP contribution is -2.39. The van der Waals surface area contributed by atoms with Crippen LogP contribution in [-0.2, 0) is 4.74 Å². The fraction of sp³-hybridized carbons (Fsp3) is 0.320. The van der Waals surface area contributed by atoms with Crippen molar-refractivity contribution in [3.8, 4) is 5.69 Å². The highest BCUT2D eigenvalue weighted by Gasteiger charge is 2.47. The van der Waals surface area contributed by atoms with E-state index in [1.165, 1.54) is 6.07 Å². The van der Waals surface area contributed by atoms with Crippen molar-refractivity contribution in [2.24, 2.45) is 5.92 Å². The minimum absolute atomic E-state index is 0. The lowest BCUT2D eigenvalue weighted by molar-refractivity contribution is 0.0148. The molecule has 0 atom stereocenters. The van der Waals surface area contributed by atoms with Crippen LogP contribution in [0.3, 0.4) is 0 Å². The van der Waals surface area contributed by atoms with Crippen LogP contribution in [-0.4, -0.2) is 43.9 Å². The molecule has 2 fully saturated rings. The van der Waals surface area contributed by atoms with Crippen LogP contribution >= 0.6 is 12.4 Å². The second-order valence-corrected chi connectivity index (χ2v) is 9.14. The SMILES string of the molecule is Cl.O=C1O[C@]2(CC[C@H](CNc3ccn(-c4ccccc4F)n3)CC2)CN1c1ccn2ccnc2c1. The third-order valence-corrected chi connectivity index (χ3v) is 6.94. The summed E-state index contributed by atoms with van der Waals surface area (Å²) in [5, 5.41) is 7.83. The number of imidazole rings is 1. The summed E-state index contributed by atoms with van der Waals surface area (Å²) in [5.41, 5.74) is 1.62. The van der Waals surface area contributed by atoms with E-state index in [4.69, 9.17) is 4.74 Å². The summed E-state index contributed by atoms with van der Waals surface area (Å²) in [4.78, 5) is 18.7. The Morgan fingerprint density at radius 2 is 1.94 bits per heavy atom. The molecule has 0 radical (unpaired) electrons. The first kappa shape index (κ1) is 23.2. The molecule has 4 heterocycles. The normalized spacial score (nSPS) is 21.8. The van der Waals surface area contributed by atoms with E-state index in [0.29, 0.717) is 18.2 Å². The molecular weight excluding hydrogens is 471 g/mol. The zero-order chi connectivity index (χ0) is 23.1. The number of rotatable bonds is 5. The molecule has 3 aromatic heterocycles. The second kappa shape index (κ2) is 9.22. The summed E-state index contributed by atoms with van der Waals surface area (Å²) in [5.74, 6) is 0.870. The van der Waals surface area contributed by atoms with Gasteiger partial charge in [0.15, 0.2) is 0 Å². The average Bonchev–Trinajstić information content (AvgIpc) is 3.58. The first-order chi connectivity index (χ1) is 16.6. The number of nitrogens with zero attached hydrogens (tertiary/aromatic N) is 5. The van der Waals surface area contributed by atoms with E-state index < -0.39 is 5.60 Å². The number of carbonyl (C=O) groups is 1. The van der Waals surface area contributed by atoms with Crippen LogP contribution in [0, 0.1) is 11.7 Å². The van der Waals surface area contributed by atoms with Crippen LogP contribution < -0.4 is 10.2 Å². The molecule has 2 aliphatic rings. The van der Waals surface area contributed by atoms with Crippen LogP contribution in [0.4, 0.5) is 20.7 Å². The predicted molar refractivity (Wildman–Crippen MR) is 133 cm³/mol. The van der Waals surface area contributed by atoms with Crippen LogP contribution in [0.2, 0.25) is 0 Å². The van der Waals surface area contributed by atoms with Crippen LogP contribution in [0.25, 0.3) is 11.3 Å². The molecule has 35 heavy (non-hydrogen) atoms. The summed E-state index contributed by atoms with van der Waals surface area (Å²) < 4.78 is 23.4. The number of carbonyl (C=O) groups excluding carboxylic acids is 1. The molecule has 8 nitrogen and oxygen atoms in total. The summed E-state index contributed by atoms with van der Waals surface area (Å²) in [7, 11) is 0. The highest BCUT2D eigenvalue weighted by molar-refractivity contribution is 5.90. The van der Waals surface area contributed by atoms with Gasteiger partial charge in [0, 0.05) is 43.5 Å². The molecule has 182 valence electrons. The fourth-order valence-corrected chi connectivity index (χ4v) is 5.00. The molecule has 6 rings (SSSR count). The number of fused-ring (bicyclic) bond motifs is 1. The molecule has 1 aromatic carbocycles. The van der Waals surface area contributed by atoms with Crippen molar-refractivity contribution in [3.63, 3.8) is 0 Å². The number of halogens is 2. The predicted octanol–water partition coefficient (Wildman–Crippen LogP) is 5.08. The monoisotopic (exact) mass is 496 g/mol. The third kappa shape index (κ3) is 4.43. The maximum atomic E-state index is 14.0. The van der Waals surface area contributed by atoms with E-state index in [1.54, 1.807) is 40.2 Å². The van der Waals surface area contributed by atoms with Gasteiger partial charge in [-0.3, -0.25) is 4.90 Å². The average molecular weight is 497 g/mol. The van der Waals surface area contributed by atoms with Gasteiger partial charge in [0.25, 0.3) is 0 Å². The molecule has 1 aliphatic carbocycles. The molecule has 1 N–H and O–H groups in total. The van der Waals surface area contributed by atoms with Crippen LogP contribution in [0.1, 0.15) is 25.7 Å². The maximum Gasteiger partial charge on any atom is 0.415 e. The first-order valence-corrected chi connectivity index (χ1v) is 11.6. The smallest absolute Gasteiger partial charge is 0.415 e. The second-order valence-electron chi connectivity index (χ2n) is 9.14. The Balaban J connectivity index is 0.00000253. The number of para-hydroxylation sites is 1. The summed E-state index contributed by atoms with van der Waals surface area (Å²) in [6.45, 7) is 1.34. The van der Waals surface area contributed by atoms with Gasteiger partial charge >= 0.3 is 6.09 Å². The molecular formula is C25H26ClFN6O2. The Morgan fingerprint density at radius 1 is 1.11 bits per heavy atom. The Bertz CT molecular complexity index is 1350. The van der Waals surface area contributed by atoms with E-state index >= 15 is 0 Å². The number of hydrogen-bond donors (Lipinski definition) is 1. The van der Waals surface area contributed by atoms with Crippen molar-refractivity contribution in [2.45, 2.75) is 31.3 Å². The standard InChI is InChI=1S/C25H25FN6O2.ClH/c26-20-3-1-2-4-21(20)32-13-8-22(29-32)28-16-18-5-9-25(10-6-18)17-31(24(33)34-25)19-7-12-30-14-11-27-23(30)15-19;/h1-4,7-8,11-15,18H,5-6,9-10,16-17H2,(H,28,29);1H/t18-,25-;. The number of pyridine rings is 1. The molecule has 1 amide bonds. The van der Waals surface area contributed by atoms with E-state index in [2.05, 4.69) is 15.4 Å². The number of amides is 1. The number of hydrogen-bond acceptors (Lipinski definition) is 5. The van der Waals surface area contributed by atoms with Gasteiger partial charge in [0.1, 0.15) is 28.6 Å². The number of nitrogens with one attached hydrogen (secondary N) is 1. The molecule has 0 bridgehead atoms. The van der Waals surface area contributed by atoms with Gasteiger partial charge in [-0.2, -0.15) is 5.10 Å². The Hall–Kier alpha value is -3.59. The van der Waals surface area contributed by atoms with Crippen LogP contribution in [0.15, 0.2) is 67.3 Å². The molecule has 10 heteroatoms. The van der Waals surface area contributed by atoms with E-state index in [-0.39, 0.29) is 24.3 Å². The molecule has 1 saturated carbocycles. The van der Waals surface area contributed by atoms with Gasteiger partial charge in [0.2, 0.25) is 0 Å². The lowest BCUT2D eigenvalue weighted by Gasteiger charge is -2.35. The fourth-order valence-electron chi connectivity index (χ4n) is 5.00. The van der Waals surface area contributed by atoms with Gasteiger partial charge in [-0.1, -0.05) is 12.1 Å². The highest BCUT2D eigenvalue weighted by Crippen LogP contribution is 2.41. The molecule has 1 spiro atoms. The molecule has 0 unspecified atom stereocenters. The summed E-state index contributed by atoms with van der Waals surface area (Å²) >= 11 is 0. The number of benzene rings is 1. The highest BCUT2D eigenvalue weighted by atomic mass is 35.5. The van der Waals surface area contributed by atoms with E-state index in [9.17, 15) is 9.18 Å². The molecule has 4 aromatic rings. The van der Waals surface area contributed by atoms with Gasteiger partial charge in [-0.25, -0.2) is 18.9 Å². The Morgan fingerprint density at radius 3 is 2.77 bits per heavy atom. The number of anilines is 2. The van der Waals surface area contributed by atoms with Gasteiger partial charge in [-0.05, 0) is 49.8 Å². The van der Waals surface area contributed by atoms with Crippen molar-refractivity contribution in [3.05, 3.63) is 73.1 Å². The minimum atomic E-state index is -0.429. The zero-order valence-electron chi connectivity index (χ0n) is 19.0. The summed E-state index contributed by atoms with van der Waals surface area (Å²) in [6.07, 6.45) is 10.6. The van der Waals surface area contributed by atoms with Gasteiger partial charge in [-0.15, -0.1) is 12.4 Å². The van der Waals surface area contributed by atoms with Gasteiger partial charge < -0.3 is 14.5 Å². The summed E-state index contributed by atoms with van der Waals surface area (Å²) in [6, 6.07) is 12.3. The van der Waals surface area contributed by atoms with Crippen molar-refractivity contribution >= 4 is 35.7 Å².